The molecule has 0 rings (SSSR count). The molecule has 0 aromatic rings. The van der Waals surface area contributed by atoms with Gasteiger partial charge < -0.3 is 10.4 Å². The van der Waals surface area contributed by atoms with Crippen LogP contribution in [0.2, 0.25) is 0 Å². The minimum Gasteiger partial charge on any atom is -0.481 e. The molecule has 0 atom stereocenters. The Morgan fingerprint density at radius 1 is 1.64 bits per heavy atom. The summed E-state index contributed by atoms with van der Waals surface area (Å²) >= 11 is 0. The van der Waals surface area contributed by atoms with Crippen molar-refractivity contribution in [2.45, 2.75) is 39.1 Å². The molecule has 3 heteroatoms. The summed E-state index contributed by atoms with van der Waals surface area (Å²) in [5.41, 5.74) is -0.630. The molecule has 0 aromatic carbocycles. The summed E-state index contributed by atoms with van der Waals surface area (Å²) < 4.78 is 29.8. The van der Waals surface area contributed by atoms with Crippen molar-refractivity contribution in [3.8, 4) is 0 Å². The third-order valence-electron chi connectivity index (χ3n) is 0.766. The highest BCUT2D eigenvalue weighted by molar-refractivity contribution is 5.66. The molecule has 0 saturated carbocycles. The van der Waals surface area contributed by atoms with Gasteiger partial charge in [0.15, 0.2) is 0 Å². The van der Waals surface area contributed by atoms with Gasteiger partial charge in [0, 0.05) is 17.4 Å². The molecule has 0 aromatic heterocycles. The quantitative estimate of drug-likeness (QED) is 0.655. The van der Waals surface area contributed by atoms with Crippen LogP contribution < -0.4 is 5.32 Å². The van der Waals surface area contributed by atoms with Gasteiger partial charge in [-0.2, -0.15) is 0 Å². The van der Waals surface area contributed by atoms with E-state index >= 15 is 0 Å². The molecule has 0 spiro atoms. The number of carboxylic acid groups (broad SMARTS) is 1. The summed E-state index contributed by atoms with van der Waals surface area (Å²) in [6, 6.07) is 0. The molecule has 2 N–H and O–H groups in total. The molecule has 0 fully saturated rings. The number of hydrogen-bond donors (Lipinski definition) is 2. The molecule has 0 aliphatic carbocycles. The Balaban J connectivity index is 4.76. The van der Waals surface area contributed by atoms with E-state index in [1.165, 1.54) is 0 Å². The topological polar surface area (TPSA) is 49.3 Å². The Morgan fingerprint density at radius 2 is 2.18 bits per heavy atom. The highest BCUT2D eigenvalue weighted by Gasteiger charge is 2.07. The third-order valence-corrected chi connectivity index (χ3v) is 0.766. The molecule has 3 nitrogen and oxygen atoms in total. The Hall–Kier alpha value is -0.570. The van der Waals surface area contributed by atoms with E-state index in [2.05, 4.69) is 5.32 Å². The van der Waals surface area contributed by atoms with Crippen LogP contribution >= 0.6 is 0 Å². The normalized spacial score (nSPS) is 19.5. The van der Waals surface area contributed by atoms with Crippen molar-refractivity contribution in [2.75, 3.05) is 6.50 Å². The van der Waals surface area contributed by atoms with Crippen LogP contribution in [0.4, 0.5) is 0 Å². The maximum absolute atomic E-state index is 10.4. The summed E-state index contributed by atoms with van der Waals surface area (Å²) in [6.45, 7) is 2.66. The lowest BCUT2D eigenvalue weighted by molar-refractivity contribution is -0.137. The average molecular weight is 163 g/mol. The summed E-state index contributed by atoms with van der Waals surface area (Å²) in [6.07, 6.45) is -3.32. The smallest absolute Gasteiger partial charge is 0.303 e. The van der Waals surface area contributed by atoms with Crippen molar-refractivity contribution >= 4 is 5.97 Å². The van der Waals surface area contributed by atoms with Crippen molar-refractivity contribution in [1.29, 1.82) is 0 Å². The molecule has 0 unspecified atom stereocenters. The van der Waals surface area contributed by atoms with Crippen LogP contribution in [0, 0.1) is 0 Å². The lowest BCUT2D eigenvalue weighted by Crippen LogP contribution is -2.36. The van der Waals surface area contributed by atoms with Crippen LogP contribution in [0.15, 0.2) is 0 Å². The number of aliphatic carboxylic acids is 1. The maximum Gasteiger partial charge on any atom is 0.303 e. The first-order chi connectivity index (χ1) is 6.37. The Kier molecular flexibility index (Phi) is 2.03. The number of carboxylic acids is 1. The number of carbonyl (C=O) groups is 1. The van der Waals surface area contributed by atoms with E-state index in [0.29, 0.717) is 0 Å². The van der Waals surface area contributed by atoms with Crippen molar-refractivity contribution in [3.05, 3.63) is 0 Å². The second-order valence-corrected chi connectivity index (χ2v) is 3.25. The van der Waals surface area contributed by atoms with E-state index < -0.39 is 30.8 Å². The van der Waals surface area contributed by atoms with Gasteiger partial charge in [0.05, 0.1) is 0 Å². The van der Waals surface area contributed by atoms with Gasteiger partial charge in [0.1, 0.15) is 0 Å². The first kappa shape index (κ1) is 5.14. The zero-order valence-electron chi connectivity index (χ0n) is 11.1. The molecule has 0 amide bonds. The molecule has 0 radical (unpaired) electrons. The fraction of sp³-hybridized carbons (Fsp3) is 0.875. The van der Waals surface area contributed by atoms with Gasteiger partial charge in [-0.25, -0.2) is 0 Å². The SMILES string of the molecule is [2H]C([2H])(CC(=O)O)C([2H])([2H])NC(C)(C)C. The van der Waals surface area contributed by atoms with Gasteiger partial charge in [0.25, 0.3) is 0 Å². The molecule has 0 bridgehead atoms. The predicted octanol–water partition coefficient (Wildman–Crippen LogP) is 1.24. The zero-order chi connectivity index (χ0) is 12.5. The fourth-order valence-corrected chi connectivity index (χ4v) is 0.352. The molecular weight excluding hydrogens is 142 g/mol. The fourth-order valence-electron chi connectivity index (χ4n) is 0.352. The second kappa shape index (κ2) is 4.34. The lowest BCUT2D eigenvalue weighted by atomic mass is 10.1. The first-order valence-corrected chi connectivity index (χ1v) is 3.38. The van der Waals surface area contributed by atoms with E-state index in [4.69, 9.17) is 10.6 Å². The average Bonchev–Trinajstić information content (AvgIpc) is 1.75. The largest absolute Gasteiger partial charge is 0.481 e. The van der Waals surface area contributed by atoms with Crippen LogP contribution in [0.1, 0.15) is 39.0 Å². The number of rotatable bonds is 4. The summed E-state index contributed by atoms with van der Waals surface area (Å²) in [7, 11) is 0. The summed E-state index contributed by atoms with van der Waals surface area (Å²) in [4.78, 5) is 10.4. The predicted molar refractivity (Wildman–Crippen MR) is 44.6 cm³/mol. The lowest BCUT2D eigenvalue weighted by Gasteiger charge is -2.19. The zero-order valence-corrected chi connectivity index (χ0v) is 7.06. The van der Waals surface area contributed by atoms with Gasteiger partial charge in [-0.3, -0.25) is 4.79 Å². The van der Waals surface area contributed by atoms with E-state index in [1.54, 1.807) is 20.8 Å². The van der Waals surface area contributed by atoms with Crippen molar-refractivity contribution in [1.82, 2.24) is 5.32 Å². The number of hydrogen-bond acceptors (Lipinski definition) is 2. The van der Waals surface area contributed by atoms with E-state index in [-0.39, 0.29) is 0 Å². The molecular formula is C8H17NO2. The minimum atomic E-state index is -2.45. The van der Waals surface area contributed by atoms with Crippen LogP contribution in [0.3, 0.4) is 0 Å². The monoisotopic (exact) mass is 163 g/mol. The standard InChI is InChI=1S/C8H17NO2/c1-8(2,3)9-6-4-5-7(10)11/h9H,4-6H2,1-3H3,(H,10,11)/i4D2,6D2. The number of nitrogens with one attached hydrogen (secondary N) is 1. The minimum absolute atomic E-state index is 0.630. The van der Waals surface area contributed by atoms with E-state index in [0.717, 1.165) is 0 Å². The molecule has 0 aliphatic rings. The molecule has 0 aliphatic heterocycles. The molecule has 0 saturated heterocycles. The Morgan fingerprint density at radius 3 is 2.55 bits per heavy atom. The van der Waals surface area contributed by atoms with Gasteiger partial charge in [-0.15, -0.1) is 0 Å². The van der Waals surface area contributed by atoms with Crippen LogP contribution in [-0.2, 0) is 4.79 Å². The Labute approximate surface area is 73.4 Å². The molecule has 0 heterocycles. The van der Waals surface area contributed by atoms with Crippen molar-refractivity contribution in [2.24, 2.45) is 0 Å². The van der Waals surface area contributed by atoms with Gasteiger partial charge >= 0.3 is 5.97 Å². The third kappa shape index (κ3) is 9.43. The Bertz CT molecular complexity index is 248. The van der Waals surface area contributed by atoms with Crippen LogP contribution in [0.25, 0.3) is 0 Å². The molecule has 66 valence electrons. The van der Waals surface area contributed by atoms with Crippen molar-refractivity contribution < 1.29 is 15.4 Å². The summed E-state index contributed by atoms with van der Waals surface area (Å²) in [5.74, 6) is -1.36. The highest BCUT2D eigenvalue weighted by atomic mass is 16.4. The van der Waals surface area contributed by atoms with Crippen LogP contribution in [0.5, 0.6) is 0 Å². The van der Waals surface area contributed by atoms with Crippen LogP contribution in [-0.4, -0.2) is 23.1 Å². The highest BCUT2D eigenvalue weighted by Crippen LogP contribution is 1.98. The van der Waals surface area contributed by atoms with E-state index in [9.17, 15) is 4.79 Å². The first-order valence-electron chi connectivity index (χ1n) is 5.38. The summed E-state index contributed by atoms with van der Waals surface area (Å²) in [5, 5.41) is 10.9. The maximum atomic E-state index is 10.4. The van der Waals surface area contributed by atoms with Gasteiger partial charge in [-0.05, 0) is 33.6 Å². The van der Waals surface area contributed by atoms with Gasteiger partial charge in [0.2, 0.25) is 0 Å². The van der Waals surface area contributed by atoms with Gasteiger partial charge in [-0.1, -0.05) is 0 Å². The molecule has 11 heavy (non-hydrogen) atoms. The van der Waals surface area contributed by atoms with Crippen molar-refractivity contribution in [3.63, 3.8) is 0 Å². The van der Waals surface area contributed by atoms with E-state index in [1.807, 2.05) is 0 Å². The second-order valence-electron chi connectivity index (χ2n) is 3.25.